The van der Waals surface area contributed by atoms with E-state index in [1.54, 1.807) is 7.11 Å². The molecule has 1 rings (SSSR count). The molecule has 0 spiro atoms. The number of carbonyl (C=O) groups is 2. The van der Waals surface area contributed by atoms with Crippen LogP contribution in [-0.2, 0) is 9.53 Å². The summed E-state index contributed by atoms with van der Waals surface area (Å²) in [5.74, 6) is 0.376. The maximum Gasteiger partial charge on any atom is 0.321 e. The lowest BCUT2D eigenvalue weighted by Crippen LogP contribution is -2.47. The Labute approximate surface area is 108 Å². The number of hydrogen-bond acceptors (Lipinski definition) is 4. The molecule has 0 saturated carbocycles. The Balaban J connectivity index is 2.18. The van der Waals surface area contributed by atoms with Crippen molar-refractivity contribution >= 4 is 11.9 Å². The Morgan fingerprint density at radius 3 is 2.89 bits per heavy atom. The molecular weight excluding hydrogens is 234 g/mol. The second kappa shape index (κ2) is 8.05. The number of nitrogens with one attached hydrogen (secondary N) is 2. The Morgan fingerprint density at radius 2 is 2.22 bits per heavy atom. The number of piperidine rings is 1. The van der Waals surface area contributed by atoms with Crippen LogP contribution in [0.5, 0.6) is 0 Å². The first-order valence-corrected chi connectivity index (χ1v) is 6.40. The molecule has 0 aliphatic carbocycles. The maximum atomic E-state index is 11.6. The molecular formula is C12H23N3O3. The molecule has 3 amide bonds. The van der Waals surface area contributed by atoms with Gasteiger partial charge in [0.1, 0.15) is 0 Å². The van der Waals surface area contributed by atoms with Gasteiger partial charge in [-0.15, -0.1) is 0 Å². The van der Waals surface area contributed by atoms with E-state index in [0.29, 0.717) is 25.6 Å². The van der Waals surface area contributed by atoms with Crippen LogP contribution in [0.4, 0.5) is 4.79 Å². The number of likely N-dealkylation sites (tertiary alicyclic amines) is 1. The van der Waals surface area contributed by atoms with Crippen molar-refractivity contribution in [3.8, 4) is 0 Å². The molecule has 0 radical (unpaired) electrons. The van der Waals surface area contributed by atoms with Crippen LogP contribution in [0, 0.1) is 5.92 Å². The van der Waals surface area contributed by atoms with Gasteiger partial charge in [-0.3, -0.25) is 15.0 Å². The van der Waals surface area contributed by atoms with Crippen molar-refractivity contribution in [1.82, 2.24) is 15.5 Å². The van der Waals surface area contributed by atoms with E-state index in [0.717, 1.165) is 19.5 Å². The summed E-state index contributed by atoms with van der Waals surface area (Å²) in [7, 11) is 1.56. The normalized spacial score (nSPS) is 20.4. The molecule has 2 N–H and O–H groups in total. The highest BCUT2D eigenvalue weighted by Crippen LogP contribution is 2.14. The van der Waals surface area contributed by atoms with E-state index in [2.05, 4.69) is 22.5 Å². The van der Waals surface area contributed by atoms with E-state index >= 15 is 0 Å². The highest BCUT2D eigenvalue weighted by atomic mass is 16.5. The Kier molecular flexibility index (Phi) is 6.67. The lowest BCUT2D eigenvalue weighted by atomic mass is 10.0. The average molecular weight is 257 g/mol. The minimum atomic E-state index is -0.456. The molecule has 1 saturated heterocycles. The minimum absolute atomic E-state index is 0.251. The molecule has 1 atom stereocenters. The molecule has 6 nitrogen and oxygen atoms in total. The number of hydrogen-bond donors (Lipinski definition) is 2. The first-order valence-electron chi connectivity index (χ1n) is 6.40. The van der Waals surface area contributed by atoms with Gasteiger partial charge in [-0.1, -0.05) is 6.92 Å². The van der Waals surface area contributed by atoms with Gasteiger partial charge in [0.15, 0.2) is 0 Å². The first kappa shape index (κ1) is 14.9. The summed E-state index contributed by atoms with van der Waals surface area (Å²) in [4.78, 5) is 25.0. The SMILES string of the molecule is COCCNC(=O)NC(=O)CN1CCCC(C)C1. The van der Waals surface area contributed by atoms with Crippen molar-refractivity contribution in [2.75, 3.05) is 39.9 Å². The van der Waals surface area contributed by atoms with Gasteiger partial charge < -0.3 is 10.1 Å². The van der Waals surface area contributed by atoms with Crippen molar-refractivity contribution in [1.29, 1.82) is 0 Å². The molecule has 1 unspecified atom stereocenters. The smallest absolute Gasteiger partial charge is 0.321 e. The van der Waals surface area contributed by atoms with E-state index in [1.165, 1.54) is 6.42 Å². The predicted octanol–water partition coefficient (Wildman–Crippen LogP) is 0.191. The van der Waals surface area contributed by atoms with Gasteiger partial charge in [-0.25, -0.2) is 4.79 Å². The van der Waals surface area contributed by atoms with Crippen LogP contribution in [0.25, 0.3) is 0 Å². The topological polar surface area (TPSA) is 70.7 Å². The number of ether oxygens (including phenoxy) is 1. The summed E-state index contributed by atoms with van der Waals surface area (Å²) in [5, 5.41) is 4.86. The summed E-state index contributed by atoms with van der Waals surface area (Å²) in [6, 6.07) is -0.456. The van der Waals surface area contributed by atoms with E-state index in [9.17, 15) is 9.59 Å². The van der Waals surface area contributed by atoms with Crippen LogP contribution in [0.2, 0.25) is 0 Å². The number of urea groups is 1. The van der Waals surface area contributed by atoms with E-state index in [4.69, 9.17) is 4.74 Å². The highest BCUT2D eigenvalue weighted by Gasteiger charge is 2.19. The Bertz CT molecular complexity index is 284. The predicted molar refractivity (Wildman–Crippen MR) is 68.3 cm³/mol. The van der Waals surface area contributed by atoms with E-state index < -0.39 is 6.03 Å². The lowest BCUT2D eigenvalue weighted by Gasteiger charge is -2.29. The van der Waals surface area contributed by atoms with Gasteiger partial charge in [0.25, 0.3) is 0 Å². The molecule has 1 aliphatic rings. The molecule has 0 aromatic carbocycles. The minimum Gasteiger partial charge on any atom is -0.383 e. The van der Waals surface area contributed by atoms with E-state index in [-0.39, 0.29) is 5.91 Å². The van der Waals surface area contributed by atoms with Crippen LogP contribution < -0.4 is 10.6 Å². The number of nitrogens with zero attached hydrogens (tertiary/aromatic N) is 1. The summed E-state index contributed by atoms with van der Waals surface area (Å²) >= 11 is 0. The summed E-state index contributed by atoms with van der Waals surface area (Å²) < 4.78 is 4.79. The number of methoxy groups -OCH3 is 1. The monoisotopic (exact) mass is 257 g/mol. The van der Waals surface area contributed by atoms with Crippen LogP contribution in [-0.4, -0.2) is 56.7 Å². The maximum absolute atomic E-state index is 11.6. The van der Waals surface area contributed by atoms with E-state index in [1.807, 2.05) is 0 Å². The zero-order valence-electron chi connectivity index (χ0n) is 11.2. The van der Waals surface area contributed by atoms with Crippen molar-refractivity contribution in [3.63, 3.8) is 0 Å². The number of imide groups is 1. The largest absolute Gasteiger partial charge is 0.383 e. The fraction of sp³-hybridized carbons (Fsp3) is 0.833. The van der Waals surface area contributed by atoms with Crippen molar-refractivity contribution < 1.29 is 14.3 Å². The average Bonchev–Trinajstić information content (AvgIpc) is 2.29. The molecule has 104 valence electrons. The lowest BCUT2D eigenvalue weighted by molar-refractivity contribution is -0.121. The summed E-state index contributed by atoms with van der Waals surface area (Å²) in [6.45, 7) is 5.17. The number of amides is 3. The third-order valence-corrected chi connectivity index (χ3v) is 2.95. The molecule has 18 heavy (non-hydrogen) atoms. The van der Waals surface area contributed by atoms with Gasteiger partial charge >= 0.3 is 6.03 Å². The summed E-state index contributed by atoms with van der Waals surface area (Å²) in [6.07, 6.45) is 2.34. The quantitative estimate of drug-likeness (QED) is 0.690. The molecule has 0 aromatic heterocycles. The van der Waals surface area contributed by atoms with Gasteiger partial charge in [0.2, 0.25) is 5.91 Å². The van der Waals surface area contributed by atoms with Crippen LogP contribution in [0.3, 0.4) is 0 Å². The third kappa shape index (κ3) is 5.97. The van der Waals surface area contributed by atoms with Crippen molar-refractivity contribution in [2.45, 2.75) is 19.8 Å². The molecule has 6 heteroatoms. The van der Waals surface area contributed by atoms with Crippen molar-refractivity contribution in [3.05, 3.63) is 0 Å². The molecule has 1 fully saturated rings. The van der Waals surface area contributed by atoms with Crippen LogP contribution in [0.1, 0.15) is 19.8 Å². The van der Waals surface area contributed by atoms with Crippen LogP contribution in [0.15, 0.2) is 0 Å². The molecule has 0 aromatic rings. The standard InChI is InChI=1S/C12H23N3O3/c1-10-4-3-6-15(8-10)9-11(16)14-12(17)13-5-7-18-2/h10H,3-9H2,1-2H3,(H2,13,14,16,17). The molecule has 1 heterocycles. The van der Waals surface area contributed by atoms with Gasteiger partial charge in [0.05, 0.1) is 13.2 Å². The zero-order valence-corrected chi connectivity index (χ0v) is 11.2. The van der Waals surface area contributed by atoms with Gasteiger partial charge in [-0.05, 0) is 25.3 Å². The third-order valence-electron chi connectivity index (χ3n) is 2.95. The summed E-state index contributed by atoms with van der Waals surface area (Å²) in [5.41, 5.74) is 0. The van der Waals surface area contributed by atoms with Gasteiger partial charge in [-0.2, -0.15) is 0 Å². The highest BCUT2D eigenvalue weighted by molar-refractivity contribution is 5.95. The second-order valence-electron chi connectivity index (χ2n) is 4.78. The Hall–Kier alpha value is -1.14. The number of rotatable bonds is 5. The molecule has 1 aliphatic heterocycles. The Morgan fingerprint density at radius 1 is 1.44 bits per heavy atom. The fourth-order valence-corrected chi connectivity index (χ4v) is 2.11. The number of carbonyl (C=O) groups excluding carboxylic acids is 2. The molecule has 0 bridgehead atoms. The first-order chi connectivity index (χ1) is 8.61. The fourth-order valence-electron chi connectivity index (χ4n) is 2.11. The van der Waals surface area contributed by atoms with Gasteiger partial charge in [0, 0.05) is 20.2 Å². The zero-order chi connectivity index (χ0) is 13.4. The van der Waals surface area contributed by atoms with Crippen LogP contribution >= 0.6 is 0 Å². The van der Waals surface area contributed by atoms with Crippen molar-refractivity contribution in [2.24, 2.45) is 5.92 Å². The second-order valence-corrected chi connectivity index (χ2v) is 4.78.